The van der Waals surface area contributed by atoms with Crippen LogP contribution in [0, 0.1) is 0 Å². The molecule has 2 N–H and O–H groups in total. The fraction of sp³-hybridized carbons (Fsp3) is 0.100. The third-order valence-corrected chi connectivity index (χ3v) is 4.21. The SMILES string of the molecule is Cn1ccnc1C(=O)c1ccc(NC(=O)C(=O)NCc2cccc(Cl)c2)cc1. The molecule has 0 saturated heterocycles. The second-order valence-electron chi connectivity index (χ2n) is 6.03. The van der Waals surface area contributed by atoms with Crippen molar-refractivity contribution in [3.05, 3.63) is 82.9 Å². The van der Waals surface area contributed by atoms with Gasteiger partial charge >= 0.3 is 11.8 Å². The van der Waals surface area contributed by atoms with Crippen LogP contribution in [-0.4, -0.2) is 27.1 Å². The quantitative estimate of drug-likeness (QED) is 0.512. The molecule has 8 heteroatoms. The molecular formula is C20H17ClN4O3. The molecule has 142 valence electrons. The summed E-state index contributed by atoms with van der Waals surface area (Å²) in [6.45, 7) is 0.184. The Morgan fingerprint density at radius 1 is 1.07 bits per heavy atom. The van der Waals surface area contributed by atoms with E-state index >= 15 is 0 Å². The van der Waals surface area contributed by atoms with Gasteiger partial charge in [0.05, 0.1) is 0 Å². The van der Waals surface area contributed by atoms with Crippen molar-refractivity contribution in [1.82, 2.24) is 14.9 Å². The molecule has 0 radical (unpaired) electrons. The van der Waals surface area contributed by atoms with Gasteiger partial charge in [-0.1, -0.05) is 23.7 Å². The van der Waals surface area contributed by atoms with Crippen LogP contribution in [0.4, 0.5) is 5.69 Å². The molecule has 3 rings (SSSR count). The molecule has 1 heterocycles. The minimum Gasteiger partial charge on any atom is -0.344 e. The highest BCUT2D eigenvalue weighted by Crippen LogP contribution is 2.13. The van der Waals surface area contributed by atoms with Gasteiger partial charge < -0.3 is 15.2 Å². The van der Waals surface area contributed by atoms with E-state index in [2.05, 4.69) is 15.6 Å². The largest absolute Gasteiger partial charge is 0.344 e. The van der Waals surface area contributed by atoms with Crippen molar-refractivity contribution in [1.29, 1.82) is 0 Å². The lowest BCUT2D eigenvalue weighted by Crippen LogP contribution is -2.34. The minimum atomic E-state index is -0.801. The molecule has 0 atom stereocenters. The zero-order valence-corrected chi connectivity index (χ0v) is 15.7. The van der Waals surface area contributed by atoms with E-state index in [0.717, 1.165) is 5.56 Å². The lowest BCUT2D eigenvalue weighted by atomic mass is 10.1. The number of carbonyl (C=O) groups is 3. The van der Waals surface area contributed by atoms with Crippen molar-refractivity contribution in [3.63, 3.8) is 0 Å². The summed E-state index contributed by atoms with van der Waals surface area (Å²) in [7, 11) is 1.73. The molecule has 1 aromatic heterocycles. The molecule has 2 amide bonds. The van der Waals surface area contributed by atoms with Crippen LogP contribution in [0.3, 0.4) is 0 Å². The highest BCUT2D eigenvalue weighted by Gasteiger charge is 2.16. The van der Waals surface area contributed by atoms with E-state index < -0.39 is 11.8 Å². The van der Waals surface area contributed by atoms with E-state index in [1.54, 1.807) is 72.5 Å². The highest BCUT2D eigenvalue weighted by atomic mass is 35.5. The van der Waals surface area contributed by atoms with Gasteiger partial charge in [-0.2, -0.15) is 0 Å². The van der Waals surface area contributed by atoms with Crippen molar-refractivity contribution in [2.45, 2.75) is 6.54 Å². The number of ketones is 1. The Balaban J connectivity index is 1.57. The fourth-order valence-electron chi connectivity index (χ4n) is 2.52. The molecule has 0 bridgehead atoms. The zero-order chi connectivity index (χ0) is 20.1. The maximum Gasteiger partial charge on any atom is 0.313 e. The molecule has 0 aliphatic rings. The second kappa shape index (κ2) is 8.49. The molecule has 0 spiro atoms. The minimum absolute atomic E-state index is 0.184. The van der Waals surface area contributed by atoms with Crippen LogP contribution < -0.4 is 10.6 Å². The number of anilines is 1. The first-order valence-corrected chi connectivity index (χ1v) is 8.77. The van der Waals surface area contributed by atoms with Gasteiger partial charge in [-0.15, -0.1) is 0 Å². The topological polar surface area (TPSA) is 93.1 Å². The van der Waals surface area contributed by atoms with Gasteiger partial charge in [0.25, 0.3) is 0 Å². The third kappa shape index (κ3) is 4.63. The lowest BCUT2D eigenvalue weighted by Gasteiger charge is -2.08. The average Bonchev–Trinajstić information content (AvgIpc) is 3.12. The van der Waals surface area contributed by atoms with Gasteiger partial charge in [0.1, 0.15) is 0 Å². The van der Waals surface area contributed by atoms with Crippen LogP contribution in [0.1, 0.15) is 21.7 Å². The number of aromatic nitrogens is 2. The maximum absolute atomic E-state index is 12.4. The molecule has 2 aromatic carbocycles. The summed E-state index contributed by atoms with van der Waals surface area (Å²) >= 11 is 5.89. The summed E-state index contributed by atoms with van der Waals surface area (Å²) in [5, 5.41) is 5.57. The van der Waals surface area contributed by atoms with E-state index in [1.165, 1.54) is 0 Å². The summed E-state index contributed by atoms with van der Waals surface area (Å²) in [6.07, 6.45) is 3.23. The van der Waals surface area contributed by atoms with Crippen molar-refractivity contribution >= 4 is 34.9 Å². The molecular weight excluding hydrogens is 380 g/mol. The van der Waals surface area contributed by atoms with Crippen molar-refractivity contribution in [2.24, 2.45) is 7.05 Å². The number of halogens is 1. The molecule has 3 aromatic rings. The van der Waals surface area contributed by atoms with Gasteiger partial charge in [0.15, 0.2) is 5.82 Å². The van der Waals surface area contributed by atoms with Gasteiger partial charge in [0.2, 0.25) is 5.78 Å². The van der Waals surface area contributed by atoms with E-state index in [-0.39, 0.29) is 12.3 Å². The average molecular weight is 397 g/mol. The molecule has 0 saturated carbocycles. The molecule has 0 fully saturated rings. The zero-order valence-electron chi connectivity index (χ0n) is 15.0. The Morgan fingerprint density at radius 2 is 1.82 bits per heavy atom. The Bertz CT molecular complexity index is 1030. The predicted octanol–water partition coefficient (Wildman–Crippen LogP) is 2.56. The lowest BCUT2D eigenvalue weighted by molar-refractivity contribution is -0.136. The van der Waals surface area contributed by atoms with Crippen molar-refractivity contribution in [2.75, 3.05) is 5.32 Å². The van der Waals surface area contributed by atoms with Gasteiger partial charge in [-0.3, -0.25) is 14.4 Å². The molecule has 0 aliphatic carbocycles. The molecule has 0 unspecified atom stereocenters. The van der Waals surface area contributed by atoms with Crippen LogP contribution in [0.25, 0.3) is 0 Å². The fourth-order valence-corrected chi connectivity index (χ4v) is 2.73. The number of hydrogen-bond donors (Lipinski definition) is 2. The summed E-state index contributed by atoms with van der Waals surface area (Å²) in [5.41, 5.74) is 1.61. The Kier molecular flexibility index (Phi) is 5.86. The first-order chi connectivity index (χ1) is 13.4. The smallest absolute Gasteiger partial charge is 0.313 e. The third-order valence-electron chi connectivity index (χ3n) is 3.98. The number of imidazole rings is 1. The number of aryl methyl sites for hydroxylation is 1. The number of rotatable bonds is 5. The van der Waals surface area contributed by atoms with Crippen LogP contribution in [0.5, 0.6) is 0 Å². The van der Waals surface area contributed by atoms with Gasteiger partial charge in [0, 0.05) is 42.3 Å². The maximum atomic E-state index is 12.4. The van der Waals surface area contributed by atoms with Crippen LogP contribution >= 0.6 is 11.6 Å². The Labute approximate surface area is 166 Å². The number of benzene rings is 2. The summed E-state index contributed by atoms with van der Waals surface area (Å²) in [6, 6.07) is 13.2. The normalized spacial score (nSPS) is 10.4. The number of amides is 2. The van der Waals surface area contributed by atoms with Crippen molar-refractivity contribution in [3.8, 4) is 0 Å². The summed E-state index contributed by atoms with van der Waals surface area (Å²) < 4.78 is 1.63. The monoisotopic (exact) mass is 396 g/mol. The summed E-state index contributed by atoms with van der Waals surface area (Å²) in [4.78, 5) is 40.4. The predicted molar refractivity (Wildman–Crippen MR) is 105 cm³/mol. The van der Waals surface area contributed by atoms with E-state index in [0.29, 0.717) is 22.1 Å². The number of hydrogen-bond acceptors (Lipinski definition) is 4. The van der Waals surface area contributed by atoms with Crippen LogP contribution in [0.2, 0.25) is 5.02 Å². The first-order valence-electron chi connectivity index (χ1n) is 8.40. The Morgan fingerprint density at radius 3 is 2.46 bits per heavy atom. The highest BCUT2D eigenvalue weighted by molar-refractivity contribution is 6.39. The standard InChI is InChI=1S/C20H17ClN4O3/c1-25-10-9-22-18(25)17(26)14-5-7-16(8-6-14)24-20(28)19(27)23-12-13-3-2-4-15(21)11-13/h2-11H,12H2,1H3,(H,23,27)(H,24,28). The molecule has 28 heavy (non-hydrogen) atoms. The van der Waals surface area contributed by atoms with Gasteiger partial charge in [-0.25, -0.2) is 4.98 Å². The van der Waals surface area contributed by atoms with Crippen molar-refractivity contribution < 1.29 is 14.4 Å². The molecule has 0 aliphatic heterocycles. The molecule has 7 nitrogen and oxygen atoms in total. The number of nitrogens with zero attached hydrogens (tertiary/aromatic N) is 2. The summed E-state index contributed by atoms with van der Waals surface area (Å²) in [5.74, 6) is -1.49. The van der Waals surface area contributed by atoms with Crippen LogP contribution in [-0.2, 0) is 23.2 Å². The first kappa shape index (κ1) is 19.3. The van der Waals surface area contributed by atoms with Gasteiger partial charge in [-0.05, 0) is 42.0 Å². The second-order valence-corrected chi connectivity index (χ2v) is 6.47. The van der Waals surface area contributed by atoms with E-state index in [1.807, 2.05) is 0 Å². The number of carbonyl (C=O) groups excluding carboxylic acids is 3. The van der Waals surface area contributed by atoms with Crippen LogP contribution in [0.15, 0.2) is 60.9 Å². The number of nitrogens with one attached hydrogen (secondary N) is 2. The van der Waals surface area contributed by atoms with E-state index in [9.17, 15) is 14.4 Å². The Hall–Kier alpha value is -3.45. The van der Waals surface area contributed by atoms with E-state index in [4.69, 9.17) is 11.6 Å².